The van der Waals surface area contributed by atoms with Gasteiger partial charge in [0.1, 0.15) is 11.4 Å². The van der Waals surface area contributed by atoms with Crippen LogP contribution >= 0.6 is 11.7 Å². The van der Waals surface area contributed by atoms with E-state index in [0.29, 0.717) is 0 Å². The number of benzene rings is 4. The molecule has 0 saturated carbocycles. The van der Waals surface area contributed by atoms with E-state index in [1.807, 2.05) is 12.1 Å². The molecule has 1 aliphatic rings. The van der Waals surface area contributed by atoms with Crippen LogP contribution in [0.5, 0.6) is 0 Å². The molecule has 0 amide bonds. The summed E-state index contributed by atoms with van der Waals surface area (Å²) in [6.07, 6.45) is 0. The first kappa shape index (κ1) is 16.8. The molecule has 0 unspecified atom stereocenters. The van der Waals surface area contributed by atoms with Crippen LogP contribution in [0.3, 0.4) is 0 Å². The van der Waals surface area contributed by atoms with Crippen LogP contribution in [0, 0.1) is 0 Å². The fourth-order valence-electron chi connectivity index (χ4n) is 4.77. The van der Waals surface area contributed by atoms with E-state index >= 15 is 0 Å². The van der Waals surface area contributed by atoms with Crippen molar-refractivity contribution >= 4 is 33.8 Å². The maximum atomic E-state index is 4.76. The number of nitrogens with zero attached hydrogens (tertiary/aromatic N) is 4. The van der Waals surface area contributed by atoms with Crippen molar-refractivity contribution < 1.29 is 9.13 Å². The minimum absolute atomic E-state index is 0.864. The Morgan fingerprint density at radius 3 is 1.48 bits per heavy atom. The highest BCUT2D eigenvalue weighted by Crippen LogP contribution is 2.45. The summed E-state index contributed by atoms with van der Waals surface area (Å²) in [7, 11) is 0. The minimum Gasteiger partial charge on any atom is -0.176 e. The Balaban J connectivity index is 1.76. The molecule has 31 heavy (non-hydrogen) atoms. The number of hydrogen-bond donors (Lipinski definition) is 0. The third kappa shape index (κ3) is 2.24. The molecule has 0 aliphatic heterocycles. The van der Waals surface area contributed by atoms with E-state index in [1.54, 1.807) is 0 Å². The van der Waals surface area contributed by atoms with Gasteiger partial charge in [-0.3, -0.25) is 0 Å². The van der Waals surface area contributed by atoms with Crippen molar-refractivity contribution in [2.75, 3.05) is 0 Å². The van der Waals surface area contributed by atoms with Crippen LogP contribution in [0.25, 0.3) is 56.0 Å². The van der Waals surface area contributed by atoms with E-state index in [4.69, 9.17) is 8.75 Å². The van der Waals surface area contributed by atoms with Gasteiger partial charge in [0.15, 0.2) is 11.4 Å². The van der Waals surface area contributed by atoms with Gasteiger partial charge >= 0.3 is 23.0 Å². The Morgan fingerprint density at radius 1 is 0.516 bits per heavy atom. The molecular formula is C26H16N4S+2. The number of hydrogen-bond acceptors (Lipinski definition) is 3. The first-order valence-electron chi connectivity index (χ1n) is 10.2. The molecule has 5 heteroatoms. The molecule has 0 spiro atoms. The average Bonchev–Trinajstić information content (AvgIpc) is 3.44. The third-order valence-corrected chi connectivity index (χ3v) is 6.50. The topological polar surface area (TPSA) is 33.5 Å². The second kappa shape index (κ2) is 6.27. The van der Waals surface area contributed by atoms with Gasteiger partial charge in [0.2, 0.25) is 0 Å². The Bertz CT molecular complexity index is 1510. The van der Waals surface area contributed by atoms with Gasteiger partial charge in [-0.2, -0.15) is 9.13 Å². The maximum absolute atomic E-state index is 4.76. The normalized spacial score (nSPS) is 11.9. The first-order chi connectivity index (χ1) is 15.4. The number of aromatic nitrogens is 4. The van der Waals surface area contributed by atoms with E-state index in [0.717, 1.165) is 34.1 Å². The van der Waals surface area contributed by atoms with Gasteiger partial charge in [-0.15, -0.1) is 0 Å². The zero-order chi connectivity index (χ0) is 20.4. The molecule has 2 heterocycles. The summed E-state index contributed by atoms with van der Waals surface area (Å²) in [6.45, 7) is 0. The molecule has 4 aromatic carbocycles. The lowest BCUT2D eigenvalue weighted by Crippen LogP contribution is -2.45. The molecule has 0 fully saturated rings. The minimum atomic E-state index is 0.864. The molecular weight excluding hydrogens is 400 g/mol. The fraction of sp³-hybridized carbons (Fsp3) is 0. The quantitative estimate of drug-likeness (QED) is 0.370. The van der Waals surface area contributed by atoms with E-state index in [1.165, 1.54) is 33.6 Å². The van der Waals surface area contributed by atoms with Crippen LogP contribution in [0.2, 0.25) is 0 Å². The fourth-order valence-corrected chi connectivity index (χ4v) is 5.30. The molecule has 6 aromatic rings. The number of para-hydroxylation sites is 2. The van der Waals surface area contributed by atoms with Gasteiger partial charge in [-0.1, -0.05) is 60.7 Å². The monoisotopic (exact) mass is 416 g/mol. The molecule has 0 radical (unpaired) electrons. The van der Waals surface area contributed by atoms with Crippen molar-refractivity contribution in [2.24, 2.45) is 0 Å². The first-order valence-corrected chi connectivity index (χ1v) is 10.9. The van der Waals surface area contributed by atoms with E-state index in [9.17, 15) is 0 Å². The highest BCUT2D eigenvalue weighted by atomic mass is 32.1. The molecule has 1 aliphatic carbocycles. The summed E-state index contributed by atoms with van der Waals surface area (Å²) in [4.78, 5) is 0. The van der Waals surface area contributed by atoms with Crippen molar-refractivity contribution in [1.29, 1.82) is 0 Å². The zero-order valence-corrected chi connectivity index (χ0v) is 17.3. The zero-order valence-electron chi connectivity index (χ0n) is 16.4. The second-order valence-corrected chi connectivity index (χ2v) is 8.19. The smallest absolute Gasteiger partial charge is 0.176 e. The van der Waals surface area contributed by atoms with Crippen LogP contribution in [0.1, 0.15) is 0 Å². The largest absolute Gasteiger partial charge is 0.443 e. The van der Waals surface area contributed by atoms with Crippen LogP contribution in [-0.2, 0) is 0 Å². The van der Waals surface area contributed by atoms with Crippen molar-refractivity contribution in [3.8, 4) is 33.9 Å². The molecule has 7 rings (SSSR count). The summed E-state index contributed by atoms with van der Waals surface area (Å²) in [5.74, 6) is 0. The van der Waals surface area contributed by atoms with Crippen LogP contribution in [-0.4, -0.2) is 8.75 Å². The molecule has 0 N–H and O–H groups in total. The highest BCUT2D eigenvalue weighted by molar-refractivity contribution is 6.99. The lowest BCUT2D eigenvalue weighted by Gasteiger charge is -2.10. The molecule has 0 saturated heterocycles. The Hall–Kier alpha value is -3.96. The van der Waals surface area contributed by atoms with Crippen LogP contribution in [0.15, 0.2) is 97.1 Å². The lowest BCUT2D eigenvalue weighted by molar-refractivity contribution is -0.604. The predicted octanol–water partition coefficient (Wildman–Crippen LogP) is 5.05. The average molecular weight is 417 g/mol. The standard InChI is InChI=1S/C26H16N4S/c1-3-11-18(12-4-1)29-23-20-15-7-9-17-10-8-16-21(22(17)20)24(23)30(19-13-5-2-6-14-19)26-25(29)27-31-28-26/h1-16H/q+2. The van der Waals surface area contributed by atoms with Gasteiger partial charge in [-0.25, -0.2) is 0 Å². The van der Waals surface area contributed by atoms with Gasteiger partial charge in [0, 0.05) is 16.5 Å². The van der Waals surface area contributed by atoms with Gasteiger partial charge in [-0.05, 0) is 41.8 Å². The Labute approximate surface area is 182 Å². The predicted molar refractivity (Wildman–Crippen MR) is 122 cm³/mol. The maximum Gasteiger partial charge on any atom is 0.443 e. The highest BCUT2D eigenvalue weighted by Gasteiger charge is 2.41. The van der Waals surface area contributed by atoms with Crippen molar-refractivity contribution in [1.82, 2.24) is 8.75 Å². The Morgan fingerprint density at radius 2 is 1.00 bits per heavy atom. The van der Waals surface area contributed by atoms with Gasteiger partial charge < -0.3 is 0 Å². The van der Waals surface area contributed by atoms with Crippen molar-refractivity contribution in [3.05, 3.63) is 97.1 Å². The van der Waals surface area contributed by atoms with Crippen molar-refractivity contribution in [3.63, 3.8) is 0 Å². The van der Waals surface area contributed by atoms with Crippen molar-refractivity contribution in [2.45, 2.75) is 0 Å². The van der Waals surface area contributed by atoms with Gasteiger partial charge in [0.05, 0.1) is 8.75 Å². The second-order valence-electron chi connectivity index (χ2n) is 7.66. The van der Waals surface area contributed by atoms with E-state index < -0.39 is 0 Å². The summed E-state index contributed by atoms with van der Waals surface area (Å²) in [5, 5.41) is 2.53. The summed E-state index contributed by atoms with van der Waals surface area (Å²) >= 11 is 1.25. The number of fused-ring (bicyclic) bond motifs is 4. The van der Waals surface area contributed by atoms with E-state index in [-0.39, 0.29) is 0 Å². The third-order valence-electron chi connectivity index (χ3n) is 5.99. The molecule has 2 aromatic heterocycles. The summed E-state index contributed by atoms with van der Waals surface area (Å²) in [6, 6.07) is 34.0. The Kier molecular flexibility index (Phi) is 3.40. The molecule has 0 atom stereocenters. The molecule has 0 bridgehead atoms. The summed E-state index contributed by atoms with van der Waals surface area (Å²) < 4.78 is 14.0. The van der Waals surface area contributed by atoms with Gasteiger partial charge in [0.25, 0.3) is 0 Å². The van der Waals surface area contributed by atoms with Crippen LogP contribution in [0.4, 0.5) is 0 Å². The molecule has 4 nitrogen and oxygen atoms in total. The number of rotatable bonds is 2. The SMILES string of the molecule is c1ccc(-[n+]2c3c([n+](-c4ccccc4)c4nsnc42)-c2cccc4cccc-3c24)cc1. The molecule has 144 valence electrons. The van der Waals surface area contributed by atoms with Crippen LogP contribution < -0.4 is 9.13 Å². The van der Waals surface area contributed by atoms with E-state index in [2.05, 4.69) is 94.1 Å². The lowest BCUT2D eigenvalue weighted by atomic mass is 10.0. The summed E-state index contributed by atoms with van der Waals surface area (Å²) in [5.41, 5.74) is 8.66.